The molecule has 0 saturated heterocycles. The summed E-state index contributed by atoms with van der Waals surface area (Å²) in [6.07, 6.45) is 0. The maximum atomic E-state index is 14.7. The van der Waals surface area contributed by atoms with Crippen LogP contribution < -0.4 is 19.7 Å². The van der Waals surface area contributed by atoms with E-state index in [1.54, 1.807) is 24.3 Å². The third-order valence-electron chi connectivity index (χ3n) is 6.62. The summed E-state index contributed by atoms with van der Waals surface area (Å²) in [6.45, 7) is 10.3. The molecule has 35 heavy (non-hydrogen) atoms. The van der Waals surface area contributed by atoms with Crippen LogP contribution in [0.3, 0.4) is 0 Å². The quantitative estimate of drug-likeness (QED) is 0.216. The van der Waals surface area contributed by atoms with Gasteiger partial charge in [0, 0.05) is 16.7 Å². The van der Waals surface area contributed by atoms with Crippen LogP contribution in [0.15, 0.2) is 115 Å². The molecule has 4 aromatic rings. The number of hydrogen-bond donors (Lipinski definition) is 0. The summed E-state index contributed by atoms with van der Waals surface area (Å²) in [4.78, 5) is 0. The molecule has 0 aliphatic carbocycles. The zero-order chi connectivity index (χ0) is 24.4. The predicted molar refractivity (Wildman–Crippen MR) is 143 cm³/mol. The lowest BCUT2D eigenvalue weighted by atomic mass is 9.99. The van der Waals surface area contributed by atoms with E-state index in [4.69, 9.17) is 9.05 Å². The second-order valence-electron chi connectivity index (χ2n) is 8.66. The number of benzene rings is 4. The fraction of sp³-hybridized carbons (Fsp3) is 0.0345. The van der Waals surface area contributed by atoms with E-state index in [1.807, 2.05) is 73.7 Å². The van der Waals surface area contributed by atoms with Crippen LogP contribution >= 0.6 is 14.7 Å². The number of rotatable bonds is 3. The smallest absolute Gasteiger partial charge is 0.307 e. The zero-order valence-corrected chi connectivity index (χ0v) is 20.9. The van der Waals surface area contributed by atoms with Crippen molar-refractivity contribution >= 4 is 25.3 Å². The van der Waals surface area contributed by atoms with Gasteiger partial charge in [-0.15, -0.1) is 0 Å². The standard InChI is InChI=1S/C29H22O4P2/c1-19-11-10-18-28-29(19)24-14-5-8-16-26(24)33-35(28,31)21(3)20(2)34(30)27-17-9-6-13-23(27)22-12-4-7-15-25(22)32-34/h4-18H,2-3H2,1H3. The van der Waals surface area contributed by atoms with Gasteiger partial charge in [0.1, 0.15) is 11.5 Å². The first-order valence-electron chi connectivity index (χ1n) is 11.2. The molecule has 2 aliphatic rings. The van der Waals surface area contributed by atoms with Gasteiger partial charge in [0.25, 0.3) is 0 Å². The molecule has 4 aromatic carbocycles. The Balaban J connectivity index is 1.51. The van der Waals surface area contributed by atoms with Crippen LogP contribution in [0.1, 0.15) is 5.56 Å². The Morgan fingerprint density at radius 2 is 1.09 bits per heavy atom. The Hall–Kier alpha value is -3.58. The first-order valence-corrected chi connectivity index (χ1v) is 14.5. The fourth-order valence-corrected chi connectivity index (χ4v) is 9.85. The molecule has 172 valence electrons. The number of aryl methyl sites for hydroxylation is 1. The van der Waals surface area contributed by atoms with E-state index in [0.29, 0.717) is 22.1 Å². The van der Waals surface area contributed by atoms with Gasteiger partial charge in [-0.2, -0.15) is 0 Å². The highest BCUT2D eigenvalue weighted by molar-refractivity contribution is 7.77. The van der Waals surface area contributed by atoms with Crippen LogP contribution in [0.25, 0.3) is 22.3 Å². The molecule has 0 N–H and O–H groups in total. The van der Waals surface area contributed by atoms with E-state index < -0.39 is 14.7 Å². The first kappa shape index (κ1) is 21.9. The van der Waals surface area contributed by atoms with Gasteiger partial charge in [-0.25, -0.2) is 0 Å². The van der Waals surface area contributed by atoms with E-state index in [2.05, 4.69) is 13.2 Å². The molecule has 6 rings (SSSR count). The molecule has 0 spiro atoms. The lowest BCUT2D eigenvalue weighted by Crippen LogP contribution is -2.23. The molecule has 0 saturated carbocycles. The van der Waals surface area contributed by atoms with E-state index >= 15 is 0 Å². The third kappa shape index (κ3) is 3.07. The van der Waals surface area contributed by atoms with Crippen LogP contribution in [-0.4, -0.2) is 0 Å². The van der Waals surface area contributed by atoms with Crippen molar-refractivity contribution in [3.63, 3.8) is 0 Å². The van der Waals surface area contributed by atoms with Crippen molar-refractivity contribution < 1.29 is 18.2 Å². The van der Waals surface area contributed by atoms with Gasteiger partial charge in [0.05, 0.1) is 21.2 Å². The first-order chi connectivity index (χ1) is 16.8. The summed E-state index contributed by atoms with van der Waals surface area (Å²) in [6, 6.07) is 27.9. The van der Waals surface area contributed by atoms with Crippen molar-refractivity contribution in [1.29, 1.82) is 0 Å². The Morgan fingerprint density at radius 1 is 0.600 bits per heavy atom. The van der Waals surface area contributed by atoms with E-state index in [9.17, 15) is 9.13 Å². The van der Waals surface area contributed by atoms with Crippen molar-refractivity contribution in [2.45, 2.75) is 6.92 Å². The van der Waals surface area contributed by atoms with Gasteiger partial charge < -0.3 is 9.05 Å². The number of allylic oxidation sites excluding steroid dienone is 2. The fourth-order valence-electron chi connectivity index (χ4n) is 4.84. The van der Waals surface area contributed by atoms with Gasteiger partial charge in [-0.05, 0) is 42.3 Å². The second kappa shape index (κ2) is 7.71. The lowest BCUT2D eigenvalue weighted by molar-refractivity contribution is 0.492. The highest BCUT2D eigenvalue weighted by Gasteiger charge is 2.47. The summed E-state index contributed by atoms with van der Waals surface area (Å²) in [5.74, 6) is 0.994. The summed E-state index contributed by atoms with van der Waals surface area (Å²) in [5, 5.41) is 1.23. The SMILES string of the molecule is C=C(C(=C)P1(=O)Oc2ccccc2-c2c(C)cccc21)P1(=O)Oc2ccccc2-c2ccccc21. The molecular formula is C29H22O4P2. The maximum Gasteiger partial charge on any atom is 0.307 e. The molecule has 0 bridgehead atoms. The summed E-state index contributed by atoms with van der Waals surface area (Å²) in [5.41, 5.74) is 4.33. The molecule has 6 heteroatoms. The molecule has 4 nitrogen and oxygen atoms in total. The molecule has 0 amide bonds. The normalized spacial score (nSPS) is 21.3. The maximum absolute atomic E-state index is 14.7. The van der Waals surface area contributed by atoms with E-state index in [-0.39, 0.29) is 10.6 Å². The van der Waals surface area contributed by atoms with Crippen LogP contribution in [-0.2, 0) is 9.13 Å². The molecule has 0 fully saturated rings. The summed E-state index contributed by atoms with van der Waals surface area (Å²) >= 11 is 0. The third-order valence-corrected chi connectivity index (χ3v) is 11.7. The van der Waals surface area contributed by atoms with E-state index in [0.717, 1.165) is 27.8 Å². The van der Waals surface area contributed by atoms with Crippen molar-refractivity contribution in [3.8, 4) is 33.8 Å². The Bertz CT molecular complexity index is 1670. The minimum Gasteiger partial charge on any atom is -0.436 e. The summed E-state index contributed by atoms with van der Waals surface area (Å²) in [7, 11) is -7.51. The van der Waals surface area contributed by atoms with Crippen molar-refractivity contribution in [2.75, 3.05) is 0 Å². The summed E-state index contributed by atoms with van der Waals surface area (Å²) < 4.78 is 41.7. The lowest BCUT2D eigenvalue weighted by Gasteiger charge is -2.34. The Kier molecular flexibility index (Phi) is 4.83. The Morgan fingerprint density at radius 3 is 1.77 bits per heavy atom. The van der Waals surface area contributed by atoms with Crippen molar-refractivity contribution in [3.05, 3.63) is 120 Å². The topological polar surface area (TPSA) is 52.6 Å². The number of hydrogen-bond acceptors (Lipinski definition) is 4. The molecule has 2 heterocycles. The van der Waals surface area contributed by atoms with Gasteiger partial charge >= 0.3 is 14.7 Å². The van der Waals surface area contributed by atoms with Crippen molar-refractivity contribution in [2.24, 2.45) is 0 Å². The monoisotopic (exact) mass is 496 g/mol. The molecule has 0 radical (unpaired) electrons. The number of fused-ring (bicyclic) bond motifs is 6. The van der Waals surface area contributed by atoms with Gasteiger partial charge in [-0.3, -0.25) is 9.13 Å². The number of para-hydroxylation sites is 2. The largest absolute Gasteiger partial charge is 0.436 e. The molecular weight excluding hydrogens is 474 g/mol. The van der Waals surface area contributed by atoms with Gasteiger partial charge in [0.15, 0.2) is 0 Å². The van der Waals surface area contributed by atoms with Crippen LogP contribution in [0.5, 0.6) is 11.5 Å². The van der Waals surface area contributed by atoms with Gasteiger partial charge in [0.2, 0.25) is 0 Å². The van der Waals surface area contributed by atoms with Crippen LogP contribution in [0, 0.1) is 6.92 Å². The minimum absolute atomic E-state index is 0.0922. The zero-order valence-electron chi connectivity index (χ0n) is 19.1. The minimum atomic E-state index is -3.76. The van der Waals surface area contributed by atoms with Crippen LogP contribution in [0.4, 0.5) is 0 Å². The average molecular weight is 496 g/mol. The highest BCUT2D eigenvalue weighted by atomic mass is 31.2. The second-order valence-corrected chi connectivity index (χ2v) is 13.3. The van der Waals surface area contributed by atoms with Crippen molar-refractivity contribution in [1.82, 2.24) is 0 Å². The average Bonchev–Trinajstić information content (AvgIpc) is 2.88. The molecule has 2 unspecified atom stereocenters. The van der Waals surface area contributed by atoms with Crippen LogP contribution in [0.2, 0.25) is 0 Å². The predicted octanol–water partition coefficient (Wildman–Crippen LogP) is 7.65. The molecule has 2 aliphatic heterocycles. The van der Waals surface area contributed by atoms with E-state index in [1.165, 1.54) is 0 Å². The molecule has 0 aromatic heterocycles. The van der Waals surface area contributed by atoms with Gasteiger partial charge in [-0.1, -0.05) is 79.9 Å². The highest BCUT2D eigenvalue weighted by Crippen LogP contribution is 2.69. The Labute approximate surface area is 204 Å². The molecule has 2 atom stereocenters.